The van der Waals surface area contributed by atoms with Crippen LogP contribution in [-0.4, -0.2) is 0 Å². The Morgan fingerprint density at radius 2 is 2.20 bits per heavy atom. The molecular weight excluding hydrogens is 120 g/mol. The Bertz CT molecular complexity index is 142. The lowest BCUT2D eigenvalue weighted by molar-refractivity contribution is 0.816. The lowest BCUT2D eigenvalue weighted by Crippen LogP contribution is -1.76. The minimum atomic E-state index is 0.978. The first kappa shape index (κ1) is 7.84. The summed E-state index contributed by atoms with van der Waals surface area (Å²) in [4.78, 5) is 0. The van der Waals surface area contributed by atoms with E-state index in [1.165, 1.54) is 25.7 Å². The molecule has 1 rings (SSSR count). The molecule has 0 bridgehead atoms. The molecule has 0 nitrogen and oxygen atoms in total. The molecule has 1 unspecified atom stereocenters. The van der Waals surface area contributed by atoms with Gasteiger partial charge in [-0.05, 0) is 32.1 Å². The Kier molecular flexibility index (Phi) is 2.53. The Morgan fingerprint density at radius 1 is 1.50 bits per heavy atom. The Labute approximate surface area is 64.3 Å². The van der Waals surface area contributed by atoms with Crippen LogP contribution in [0.25, 0.3) is 0 Å². The summed E-state index contributed by atoms with van der Waals surface area (Å²) in [6.07, 6.45) is 5.40. The molecule has 0 spiro atoms. The second-order valence-corrected chi connectivity index (χ2v) is 3.36. The Balaban J connectivity index is 2.39. The quantitative estimate of drug-likeness (QED) is 0.523. The van der Waals surface area contributed by atoms with E-state index in [0.29, 0.717) is 0 Å². The molecule has 0 radical (unpaired) electrons. The number of hydrogen-bond donors (Lipinski definition) is 0. The van der Waals surface area contributed by atoms with E-state index in [4.69, 9.17) is 0 Å². The van der Waals surface area contributed by atoms with E-state index in [1.54, 1.807) is 11.1 Å². The van der Waals surface area contributed by atoms with E-state index in [1.807, 2.05) is 0 Å². The third kappa shape index (κ3) is 1.62. The maximum Gasteiger partial charge on any atom is -0.0166 e. The van der Waals surface area contributed by atoms with Gasteiger partial charge < -0.3 is 0 Å². The van der Waals surface area contributed by atoms with Crippen molar-refractivity contribution in [2.75, 3.05) is 0 Å². The van der Waals surface area contributed by atoms with Crippen LogP contribution >= 0.6 is 0 Å². The van der Waals surface area contributed by atoms with Crippen molar-refractivity contribution in [1.29, 1.82) is 0 Å². The monoisotopic (exact) mass is 138 g/mol. The Morgan fingerprint density at radius 3 is 2.60 bits per heavy atom. The third-order valence-corrected chi connectivity index (χ3v) is 2.46. The summed E-state index contributed by atoms with van der Waals surface area (Å²) in [6, 6.07) is 0. The zero-order valence-corrected chi connectivity index (χ0v) is 7.41. The van der Waals surface area contributed by atoms with E-state index < -0.39 is 0 Å². The molecule has 0 aliphatic heterocycles. The first-order valence-corrected chi connectivity index (χ1v) is 4.48. The third-order valence-electron chi connectivity index (χ3n) is 2.46. The van der Waals surface area contributed by atoms with Crippen molar-refractivity contribution in [3.63, 3.8) is 0 Å². The van der Waals surface area contributed by atoms with Gasteiger partial charge in [-0.2, -0.15) is 0 Å². The Hall–Kier alpha value is -0.260. The van der Waals surface area contributed by atoms with E-state index in [-0.39, 0.29) is 0 Å². The summed E-state index contributed by atoms with van der Waals surface area (Å²) in [5.74, 6) is 0.978. The highest BCUT2D eigenvalue weighted by Gasteiger charge is 2.28. The molecule has 0 amide bonds. The van der Waals surface area contributed by atoms with E-state index in [0.717, 1.165) is 5.92 Å². The van der Waals surface area contributed by atoms with Crippen LogP contribution in [-0.2, 0) is 0 Å². The van der Waals surface area contributed by atoms with Gasteiger partial charge in [-0.25, -0.2) is 0 Å². The van der Waals surface area contributed by atoms with Gasteiger partial charge in [0.25, 0.3) is 0 Å². The van der Waals surface area contributed by atoms with Crippen LogP contribution in [0.15, 0.2) is 11.1 Å². The van der Waals surface area contributed by atoms with E-state index in [9.17, 15) is 0 Å². The molecular formula is C10H18. The van der Waals surface area contributed by atoms with Gasteiger partial charge in [0.05, 0.1) is 0 Å². The van der Waals surface area contributed by atoms with Gasteiger partial charge in [-0.15, -0.1) is 0 Å². The molecule has 1 saturated carbocycles. The maximum atomic E-state index is 2.30. The molecule has 1 aliphatic carbocycles. The number of allylic oxidation sites excluding steroid dienone is 2. The van der Waals surface area contributed by atoms with Crippen LogP contribution in [0.4, 0.5) is 0 Å². The summed E-state index contributed by atoms with van der Waals surface area (Å²) in [5.41, 5.74) is 3.44. The fourth-order valence-corrected chi connectivity index (χ4v) is 1.66. The molecule has 0 heterocycles. The fourth-order valence-electron chi connectivity index (χ4n) is 1.66. The minimum Gasteiger partial charge on any atom is -0.0738 e. The average Bonchev–Trinajstić information content (AvgIpc) is 2.66. The normalized spacial score (nSPS) is 28.5. The van der Waals surface area contributed by atoms with E-state index >= 15 is 0 Å². The molecule has 58 valence electrons. The van der Waals surface area contributed by atoms with Crippen LogP contribution in [0.2, 0.25) is 0 Å². The molecule has 10 heavy (non-hydrogen) atoms. The van der Waals surface area contributed by atoms with Gasteiger partial charge in [0.2, 0.25) is 0 Å². The van der Waals surface area contributed by atoms with Crippen molar-refractivity contribution < 1.29 is 0 Å². The van der Waals surface area contributed by atoms with Crippen LogP contribution in [0, 0.1) is 5.92 Å². The smallest absolute Gasteiger partial charge is 0.0166 e. The predicted octanol–water partition coefficient (Wildman–Crippen LogP) is 3.53. The predicted molar refractivity (Wildman–Crippen MR) is 46.0 cm³/mol. The molecule has 1 aliphatic rings. The molecule has 1 fully saturated rings. The lowest BCUT2D eigenvalue weighted by Gasteiger charge is -1.94. The summed E-state index contributed by atoms with van der Waals surface area (Å²) in [5, 5.41) is 0. The first-order chi connectivity index (χ1) is 4.79. The van der Waals surface area contributed by atoms with Gasteiger partial charge in [0.15, 0.2) is 0 Å². The molecule has 0 aromatic rings. The van der Waals surface area contributed by atoms with Crippen LogP contribution < -0.4 is 0 Å². The van der Waals surface area contributed by atoms with Crippen LogP contribution in [0.3, 0.4) is 0 Å². The SMILES string of the molecule is CCCC(C)=C1CC1CC. The maximum absolute atomic E-state index is 2.30. The van der Waals surface area contributed by atoms with Gasteiger partial charge in [-0.3, -0.25) is 0 Å². The molecule has 0 heteroatoms. The second kappa shape index (κ2) is 3.23. The van der Waals surface area contributed by atoms with Crippen molar-refractivity contribution >= 4 is 0 Å². The second-order valence-electron chi connectivity index (χ2n) is 3.36. The highest BCUT2D eigenvalue weighted by Crippen LogP contribution is 2.43. The summed E-state index contributed by atoms with van der Waals surface area (Å²) in [7, 11) is 0. The first-order valence-electron chi connectivity index (χ1n) is 4.48. The van der Waals surface area contributed by atoms with Crippen molar-refractivity contribution in [1.82, 2.24) is 0 Å². The van der Waals surface area contributed by atoms with E-state index in [2.05, 4.69) is 20.8 Å². The van der Waals surface area contributed by atoms with Crippen LogP contribution in [0.1, 0.15) is 46.5 Å². The standard InChI is InChI=1S/C10H18/c1-4-6-8(3)10-7-9(10)5-2/h9H,4-7H2,1-3H3. The van der Waals surface area contributed by atoms with Crippen molar-refractivity contribution in [3.05, 3.63) is 11.1 Å². The molecule has 0 N–H and O–H groups in total. The van der Waals surface area contributed by atoms with Crippen molar-refractivity contribution in [2.24, 2.45) is 5.92 Å². The average molecular weight is 138 g/mol. The van der Waals surface area contributed by atoms with Gasteiger partial charge >= 0.3 is 0 Å². The highest BCUT2D eigenvalue weighted by molar-refractivity contribution is 5.28. The van der Waals surface area contributed by atoms with Crippen molar-refractivity contribution in [3.8, 4) is 0 Å². The number of rotatable bonds is 3. The van der Waals surface area contributed by atoms with Gasteiger partial charge in [-0.1, -0.05) is 31.4 Å². The zero-order chi connectivity index (χ0) is 7.56. The summed E-state index contributed by atoms with van der Waals surface area (Å²) >= 11 is 0. The van der Waals surface area contributed by atoms with Crippen molar-refractivity contribution in [2.45, 2.75) is 46.5 Å². The zero-order valence-electron chi connectivity index (χ0n) is 7.41. The summed E-state index contributed by atoms with van der Waals surface area (Å²) < 4.78 is 0. The highest BCUT2D eigenvalue weighted by atomic mass is 14.3. The molecule has 1 atom stereocenters. The van der Waals surface area contributed by atoms with Gasteiger partial charge in [0.1, 0.15) is 0 Å². The minimum absolute atomic E-state index is 0.978. The summed E-state index contributed by atoms with van der Waals surface area (Å²) in [6.45, 7) is 6.85. The largest absolute Gasteiger partial charge is 0.0738 e. The molecule has 0 aromatic heterocycles. The molecule has 0 aromatic carbocycles. The fraction of sp³-hybridized carbons (Fsp3) is 0.800. The topological polar surface area (TPSA) is 0 Å². The van der Waals surface area contributed by atoms with Gasteiger partial charge in [0, 0.05) is 0 Å². The number of hydrogen-bond acceptors (Lipinski definition) is 0. The van der Waals surface area contributed by atoms with Crippen LogP contribution in [0.5, 0.6) is 0 Å². The lowest BCUT2D eigenvalue weighted by atomic mass is 10.1. The molecule has 0 saturated heterocycles.